The molecule has 1 aromatic carbocycles. The highest BCUT2D eigenvalue weighted by Crippen LogP contribution is 2.20. The van der Waals surface area contributed by atoms with E-state index in [4.69, 9.17) is 5.73 Å². The van der Waals surface area contributed by atoms with Crippen molar-refractivity contribution >= 4 is 34.0 Å². The van der Waals surface area contributed by atoms with Gasteiger partial charge >= 0.3 is 0 Å². The number of aromatic amines is 1. The van der Waals surface area contributed by atoms with E-state index in [1.165, 1.54) is 0 Å². The van der Waals surface area contributed by atoms with Crippen LogP contribution in [0, 0.1) is 6.92 Å². The summed E-state index contributed by atoms with van der Waals surface area (Å²) in [7, 11) is 2.00. The van der Waals surface area contributed by atoms with Crippen LogP contribution in [0.25, 0.3) is 11.0 Å². The van der Waals surface area contributed by atoms with E-state index < -0.39 is 0 Å². The number of nitrogens with two attached hydrogens (primary N) is 1. The van der Waals surface area contributed by atoms with E-state index in [0.29, 0.717) is 0 Å². The molecule has 3 N–H and O–H groups in total. The molecule has 0 amide bonds. The third kappa shape index (κ3) is 2.39. The van der Waals surface area contributed by atoms with Gasteiger partial charge in [0.1, 0.15) is 0 Å². The van der Waals surface area contributed by atoms with Crippen molar-refractivity contribution in [2.45, 2.75) is 13.5 Å². The molecule has 3 rings (SSSR count). The highest BCUT2D eigenvalue weighted by Gasteiger charge is 2.09. The summed E-state index contributed by atoms with van der Waals surface area (Å²) >= 11 is 1.66. The Morgan fingerprint density at radius 3 is 2.95 bits per heavy atom. The summed E-state index contributed by atoms with van der Waals surface area (Å²) in [6.07, 6.45) is 0. The topological polar surface area (TPSA) is 70.8 Å². The van der Waals surface area contributed by atoms with E-state index in [9.17, 15) is 0 Å². The van der Waals surface area contributed by atoms with Gasteiger partial charge in [0, 0.05) is 18.1 Å². The maximum Gasteiger partial charge on any atom is 0.203 e. The number of imidazole rings is 1. The smallest absolute Gasteiger partial charge is 0.203 e. The molecule has 5 nitrogen and oxygen atoms in total. The third-order valence-electron chi connectivity index (χ3n) is 2.92. The number of aromatic nitrogens is 3. The Hall–Kier alpha value is -2.08. The number of rotatable bonds is 3. The summed E-state index contributed by atoms with van der Waals surface area (Å²) in [5, 5.41) is 3.16. The van der Waals surface area contributed by atoms with Crippen molar-refractivity contribution in [1.29, 1.82) is 0 Å². The Kier molecular flexibility index (Phi) is 2.87. The average Bonchev–Trinajstić information content (AvgIpc) is 2.95. The summed E-state index contributed by atoms with van der Waals surface area (Å²) in [5.74, 6) is 0.825. The first-order chi connectivity index (χ1) is 9.11. The molecule has 0 saturated heterocycles. The van der Waals surface area contributed by atoms with Crippen LogP contribution in [0.4, 0.5) is 11.6 Å². The van der Waals surface area contributed by atoms with Crippen molar-refractivity contribution in [3.05, 3.63) is 34.3 Å². The van der Waals surface area contributed by atoms with Crippen LogP contribution in [0.1, 0.15) is 10.7 Å². The number of fused-ring (bicyclic) bond motifs is 1. The fourth-order valence-corrected chi connectivity index (χ4v) is 2.60. The molecule has 0 aliphatic rings. The van der Waals surface area contributed by atoms with Gasteiger partial charge in [-0.05, 0) is 25.1 Å². The molecule has 0 unspecified atom stereocenters. The standard InChI is InChI=1S/C13H15N5S/c1-8-15-10(7-19-8)6-18(2)13-16-11-4-3-9(14)5-12(11)17-13/h3-5,7H,6,14H2,1-2H3,(H,16,17). The highest BCUT2D eigenvalue weighted by molar-refractivity contribution is 7.09. The van der Waals surface area contributed by atoms with Crippen LogP contribution >= 0.6 is 11.3 Å². The molecule has 0 fully saturated rings. The maximum atomic E-state index is 5.77. The quantitative estimate of drug-likeness (QED) is 0.719. The number of aryl methyl sites for hydroxylation is 1. The minimum Gasteiger partial charge on any atom is -0.399 e. The van der Waals surface area contributed by atoms with Crippen molar-refractivity contribution in [2.75, 3.05) is 17.7 Å². The van der Waals surface area contributed by atoms with Crippen LogP contribution in [0.2, 0.25) is 0 Å². The van der Waals surface area contributed by atoms with Gasteiger partial charge in [-0.25, -0.2) is 9.97 Å². The van der Waals surface area contributed by atoms with Gasteiger partial charge in [-0.2, -0.15) is 0 Å². The van der Waals surface area contributed by atoms with E-state index in [2.05, 4.69) is 20.3 Å². The highest BCUT2D eigenvalue weighted by atomic mass is 32.1. The predicted molar refractivity (Wildman–Crippen MR) is 79.5 cm³/mol. The van der Waals surface area contributed by atoms with Crippen LogP contribution in [0.15, 0.2) is 23.6 Å². The van der Waals surface area contributed by atoms with E-state index in [0.717, 1.165) is 39.9 Å². The van der Waals surface area contributed by atoms with Gasteiger partial charge in [-0.3, -0.25) is 0 Å². The number of nitrogens with zero attached hydrogens (tertiary/aromatic N) is 3. The van der Waals surface area contributed by atoms with Crippen molar-refractivity contribution < 1.29 is 0 Å². The number of nitrogen functional groups attached to an aromatic ring is 1. The number of thiazole rings is 1. The first-order valence-corrected chi connectivity index (χ1v) is 6.87. The van der Waals surface area contributed by atoms with Crippen LogP contribution in [0.3, 0.4) is 0 Å². The van der Waals surface area contributed by atoms with Gasteiger partial charge in [0.15, 0.2) is 0 Å². The minimum atomic E-state index is 0.736. The largest absolute Gasteiger partial charge is 0.399 e. The zero-order valence-electron chi connectivity index (χ0n) is 10.8. The lowest BCUT2D eigenvalue weighted by molar-refractivity contribution is 0.859. The van der Waals surface area contributed by atoms with E-state index in [1.807, 2.05) is 37.1 Å². The second-order valence-corrected chi connectivity index (χ2v) is 5.61. The Bertz CT molecular complexity index is 715. The van der Waals surface area contributed by atoms with Crippen LogP contribution in [0.5, 0.6) is 0 Å². The van der Waals surface area contributed by atoms with Gasteiger partial charge in [0.2, 0.25) is 5.95 Å². The van der Waals surface area contributed by atoms with E-state index in [1.54, 1.807) is 11.3 Å². The minimum absolute atomic E-state index is 0.736. The number of anilines is 2. The Labute approximate surface area is 115 Å². The Balaban J connectivity index is 1.86. The normalized spacial score (nSPS) is 11.1. The summed E-state index contributed by atoms with van der Waals surface area (Å²) in [6, 6.07) is 5.68. The molecule has 0 spiro atoms. The lowest BCUT2D eigenvalue weighted by Gasteiger charge is -2.13. The fourth-order valence-electron chi connectivity index (χ4n) is 1.99. The number of hydrogen-bond acceptors (Lipinski definition) is 5. The van der Waals surface area contributed by atoms with Crippen molar-refractivity contribution in [3.63, 3.8) is 0 Å². The molecule has 0 aliphatic carbocycles. The van der Waals surface area contributed by atoms with Crippen LogP contribution < -0.4 is 10.6 Å². The van der Waals surface area contributed by atoms with Gasteiger partial charge in [-0.1, -0.05) is 0 Å². The van der Waals surface area contributed by atoms with Gasteiger partial charge in [0.25, 0.3) is 0 Å². The third-order valence-corrected chi connectivity index (χ3v) is 3.74. The first kappa shape index (κ1) is 12.0. The monoisotopic (exact) mass is 273 g/mol. The Morgan fingerprint density at radius 1 is 1.37 bits per heavy atom. The molecule has 19 heavy (non-hydrogen) atoms. The summed E-state index contributed by atoms with van der Waals surface area (Å²) in [5.41, 5.74) is 9.44. The van der Waals surface area contributed by atoms with Crippen molar-refractivity contribution in [3.8, 4) is 0 Å². The number of nitrogens with one attached hydrogen (secondary N) is 1. The van der Waals surface area contributed by atoms with Crippen LogP contribution in [-0.2, 0) is 6.54 Å². The molecule has 98 valence electrons. The average molecular weight is 273 g/mol. The van der Waals surface area contributed by atoms with E-state index in [-0.39, 0.29) is 0 Å². The lowest BCUT2D eigenvalue weighted by Crippen LogP contribution is -2.17. The molecule has 0 aliphatic heterocycles. The zero-order chi connectivity index (χ0) is 13.4. The SMILES string of the molecule is Cc1nc(CN(C)c2nc3ccc(N)cc3[nH]2)cs1. The molecule has 0 bridgehead atoms. The fraction of sp³-hybridized carbons (Fsp3) is 0.231. The molecule has 0 atom stereocenters. The molecular weight excluding hydrogens is 258 g/mol. The second-order valence-electron chi connectivity index (χ2n) is 4.55. The second kappa shape index (κ2) is 4.55. The molecule has 0 saturated carbocycles. The molecule has 0 radical (unpaired) electrons. The molecule has 2 heterocycles. The summed E-state index contributed by atoms with van der Waals surface area (Å²) in [6.45, 7) is 2.75. The van der Waals surface area contributed by atoms with Gasteiger partial charge in [-0.15, -0.1) is 11.3 Å². The molecule has 3 aromatic rings. The van der Waals surface area contributed by atoms with E-state index >= 15 is 0 Å². The van der Waals surface area contributed by atoms with Gasteiger partial charge in [0.05, 0.1) is 28.3 Å². The van der Waals surface area contributed by atoms with Crippen LogP contribution in [-0.4, -0.2) is 22.0 Å². The predicted octanol–water partition coefficient (Wildman–Crippen LogP) is 2.55. The first-order valence-electron chi connectivity index (χ1n) is 5.99. The number of hydrogen-bond donors (Lipinski definition) is 2. The number of H-pyrrole nitrogens is 1. The zero-order valence-corrected chi connectivity index (χ0v) is 11.7. The lowest BCUT2D eigenvalue weighted by atomic mass is 10.3. The molecular formula is C13H15N5S. The van der Waals surface area contributed by atoms with Crippen molar-refractivity contribution in [2.24, 2.45) is 0 Å². The Morgan fingerprint density at radius 2 is 2.21 bits per heavy atom. The summed E-state index contributed by atoms with van der Waals surface area (Å²) < 4.78 is 0. The molecule has 2 aromatic heterocycles. The maximum absolute atomic E-state index is 5.77. The van der Waals surface area contributed by atoms with Gasteiger partial charge < -0.3 is 15.6 Å². The van der Waals surface area contributed by atoms with Crippen molar-refractivity contribution in [1.82, 2.24) is 15.0 Å². The molecule has 6 heteroatoms. The number of benzene rings is 1. The summed E-state index contributed by atoms with van der Waals surface area (Å²) in [4.78, 5) is 14.3.